The average Bonchev–Trinajstić information content (AvgIpc) is 3.01. The SMILES string of the molecule is C/C(=N/OCC(=O)O[C@@H](C)C(=O)NC(N)=O)c1ccc2c(c1)OCO2. The van der Waals surface area contributed by atoms with Crippen LogP contribution in [0.3, 0.4) is 0 Å². The highest BCUT2D eigenvalue weighted by atomic mass is 16.7. The van der Waals surface area contributed by atoms with Gasteiger partial charge < -0.3 is 24.8 Å². The molecular formula is C15H17N3O7. The molecule has 0 aliphatic carbocycles. The van der Waals surface area contributed by atoms with Crippen molar-refractivity contribution in [1.82, 2.24) is 5.32 Å². The highest BCUT2D eigenvalue weighted by Gasteiger charge is 2.19. The number of imide groups is 1. The number of esters is 1. The van der Waals surface area contributed by atoms with Crippen molar-refractivity contribution in [3.05, 3.63) is 23.8 Å². The Morgan fingerprint density at radius 3 is 2.76 bits per heavy atom. The molecule has 2 rings (SSSR count). The van der Waals surface area contributed by atoms with E-state index in [2.05, 4.69) is 5.16 Å². The molecule has 0 saturated carbocycles. The number of nitrogens with one attached hydrogen (secondary N) is 1. The van der Waals surface area contributed by atoms with Gasteiger partial charge in [-0.15, -0.1) is 0 Å². The number of oxime groups is 1. The number of hydrogen-bond acceptors (Lipinski definition) is 8. The maximum Gasteiger partial charge on any atom is 0.347 e. The lowest BCUT2D eigenvalue weighted by molar-refractivity contribution is -0.158. The van der Waals surface area contributed by atoms with Crippen molar-refractivity contribution >= 4 is 23.6 Å². The van der Waals surface area contributed by atoms with Crippen LogP contribution in [0.15, 0.2) is 23.4 Å². The Morgan fingerprint density at radius 2 is 2.04 bits per heavy atom. The fourth-order valence-electron chi connectivity index (χ4n) is 1.86. The van der Waals surface area contributed by atoms with Crippen molar-refractivity contribution < 1.29 is 33.4 Å². The average molecular weight is 351 g/mol. The predicted octanol–water partition coefficient (Wildman–Crippen LogP) is 0.282. The molecule has 1 aliphatic rings. The number of nitrogens with two attached hydrogens (primary N) is 1. The molecule has 0 aromatic heterocycles. The molecule has 0 radical (unpaired) electrons. The molecule has 0 spiro atoms. The van der Waals surface area contributed by atoms with Gasteiger partial charge in [0.05, 0.1) is 5.71 Å². The Hall–Kier alpha value is -3.30. The minimum absolute atomic E-state index is 0.166. The van der Waals surface area contributed by atoms with Gasteiger partial charge in [0.2, 0.25) is 13.4 Å². The number of rotatable bonds is 6. The van der Waals surface area contributed by atoms with Gasteiger partial charge in [-0.05, 0) is 32.0 Å². The first-order valence-corrected chi connectivity index (χ1v) is 7.23. The van der Waals surface area contributed by atoms with E-state index in [0.717, 1.165) is 5.56 Å². The Labute approximate surface area is 142 Å². The summed E-state index contributed by atoms with van der Waals surface area (Å²) in [6.07, 6.45) is -1.19. The monoisotopic (exact) mass is 351 g/mol. The van der Waals surface area contributed by atoms with E-state index in [1.54, 1.807) is 30.4 Å². The van der Waals surface area contributed by atoms with Gasteiger partial charge in [-0.1, -0.05) is 5.16 Å². The maximum absolute atomic E-state index is 11.6. The van der Waals surface area contributed by atoms with Crippen molar-refractivity contribution in [3.8, 4) is 11.5 Å². The van der Waals surface area contributed by atoms with Gasteiger partial charge in [0.1, 0.15) is 0 Å². The first-order valence-electron chi connectivity index (χ1n) is 7.23. The number of ether oxygens (including phenoxy) is 3. The van der Waals surface area contributed by atoms with Crippen LogP contribution >= 0.6 is 0 Å². The number of primary amides is 1. The summed E-state index contributed by atoms with van der Waals surface area (Å²) in [5.41, 5.74) is 6.03. The van der Waals surface area contributed by atoms with E-state index in [-0.39, 0.29) is 6.79 Å². The van der Waals surface area contributed by atoms with Gasteiger partial charge >= 0.3 is 12.0 Å². The zero-order valence-electron chi connectivity index (χ0n) is 13.6. The number of hydrogen-bond donors (Lipinski definition) is 2. The minimum atomic E-state index is -1.19. The molecule has 0 bridgehead atoms. The van der Waals surface area contributed by atoms with Gasteiger partial charge in [0.15, 0.2) is 17.6 Å². The van der Waals surface area contributed by atoms with Crippen LogP contribution in [-0.4, -0.2) is 43.1 Å². The van der Waals surface area contributed by atoms with Crippen LogP contribution in [0.5, 0.6) is 11.5 Å². The highest BCUT2D eigenvalue weighted by molar-refractivity contribution is 5.99. The second-order valence-corrected chi connectivity index (χ2v) is 5.00. The topological polar surface area (TPSA) is 139 Å². The van der Waals surface area contributed by atoms with Crippen LogP contribution in [0.1, 0.15) is 19.4 Å². The molecule has 10 heteroatoms. The van der Waals surface area contributed by atoms with Crippen molar-refractivity contribution in [2.45, 2.75) is 20.0 Å². The number of carbonyl (C=O) groups is 3. The van der Waals surface area contributed by atoms with Crippen LogP contribution in [0.2, 0.25) is 0 Å². The van der Waals surface area contributed by atoms with E-state index in [0.29, 0.717) is 17.2 Å². The zero-order valence-corrected chi connectivity index (χ0v) is 13.6. The highest BCUT2D eigenvalue weighted by Crippen LogP contribution is 2.32. The molecule has 1 aromatic carbocycles. The van der Waals surface area contributed by atoms with Crippen LogP contribution < -0.4 is 20.5 Å². The van der Waals surface area contributed by atoms with Crippen LogP contribution in [0.25, 0.3) is 0 Å². The standard InChI is InChI=1S/C15H17N3O7/c1-8(10-3-4-11-12(5-10)23-7-22-11)18-24-6-13(19)25-9(2)14(20)17-15(16)21/h3-5,9H,6-7H2,1-2H3,(H3,16,17,20,21)/b18-8-/t9-/m0/s1. The van der Waals surface area contributed by atoms with Gasteiger partial charge in [0.25, 0.3) is 5.91 Å². The van der Waals surface area contributed by atoms with E-state index >= 15 is 0 Å². The summed E-state index contributed by atoms with van der Waals surface area (Å²) in [7, 11) is 0. The molecule has 0 saturated heterocycles. The molecule has 1 heterocycles. The largest absolute Gasteiger partial charge is 0.454 e. The van der Waals surface area contributed by atoms with E-state index in [1.165, 1.54) is 6.92 Å². The van der Waals surface area contributed by atoms with Gasteiger partial charge in [-0.25, -0.2) is 9.59 Å². The van der Waals surface area contributed by atoms with Crippen LogP contribution in [0, 0.1) is 0 Å². The minimum Gasteiger partial charge on any atom is -0.454 e. The number of benzene rings is 1. The van der Waals surface area contributed by atoms with E-state index < -0.39 is 30.6 Å². The zero-order chi connectivity index (χ0) is 18.4. The number of carbonyl (C=O) groups excluding carboxylic acids is 3. The lowest BCUT2D eigenvalue weighted by Crippen LogP contribution is -2.42. The first kappa shape index (κ1) is 18.0. The van der Waals surface area contributed by atoms with E-state index in [1.807, 2.05) is 0 Å². The van der Waals surface area contributed by atoms with Gasteiger partial charge in [0, 0.05) is 5.56 Å². The summed E-state index contributed by atoms with van der Waals surface area (Å²) < 4.78 is 15.2. The molecule has 1 atom stereocenters. The summed E-state index contributed by atoms with van der Waals surface area (Å²) >= 11 is 0. The second kappa shape index (κ2) is 7.99. The molecule has 10 nitrogen and oxygen atoms in total. The van der Waals surface area contributed by atoms with E-state index in [9.17, 15) is 14.4 Å². The second-order valence-electron chi connectivity index (χ2n) is 5.00. The molecule has 134 valence electrons. The molecule has 1 aromatic rings. The summed E-state index contributed by atoms with van der Waals surface area (Å²) in [4.78, 5) is 38.4. The van der Waals surface area contributed by atoms with Crippen molar-refractivity contribution in [2.24, 2.45) is 10.9 Å². The number of nitrogens with zero attached hydrogens (tertiary/aromatic N) is 1. The Balaban J connectivity index is 1.82. The molecule has 1 aliphatic heterocycles. The van der Waals surface area contributed by atoms with Gasteiger partial charge in [-0.3, -0.25) is 10.1 Å². The van der Waals surface area contributed by atoms with Crippen LogP contribution in [0.4, 0.5) is 4.79 Å². The predicted molar refractivity (Wildman–Crippen MR) is 84.0 cm³/mol. The quantitative estimate of drug-likeness (QED) is 0.426. The van der Waals surface area contributed by atoms with Gasteiger partial charge in [-0.2, -0.15) is 0 Å². The van der Waals surface area contributed by atoms with Crippen molar-refractivity contribution in [3.63, 3.8) is 0 Å². The summed E-state index contributed by atoms with van der Waals surface area (Å²) in [6, 6.07) is 4.21. The van der Waals surface area contributed by atoms with Crippen LogP contribution in [-0.2, 0) is 19.2 Å². The molecule has 0 unspecified atom stereocenters. The third-order valence-corrected chi connectivity index (χ3v) is 3.10. The van der Waals surface area contributed by atoms with E-state index in [4.69, 9.17) is 24.8 Å². The summed E-state index contributed by atoms with van der Waals surface area (Å²) in [5.74, 6) is -0.416. The smallest absolute Gasteiger partial charge is 0.347 e. The number of urea groups is 1. The third-order valence-electron chi connectivity index (χ3n) is 3.10. The molecule has 3 amide bonds. The fraction of sp³-hybridized carbons (Fsp3) is 0.333. The lowest BCUT2D eigenvalue weighted by Gasteiger charge is -2.11. The van der Waals surface area contributed by atoms with Crippen molar-refractivity contribution in [2.75, 3.05) is 13.4 Å². The normalized spacial score (nSPS) is 13.8. The molecule has 25 heavy (non-hydrogen) atoms. The lowest BCUT2D eigenvalue weighted by atomic mass is 10.1. The third kappa shape index (κ3) is 5.09. The fourth-order valence-corrected chi connectivity index (χ4v) is 1.86. The number of amides is 3. The summed E-state index contributed by atoms with van der Waals surface area (Å²) in [6.45, 7) is 2.64. The Kier molecular flexibility index (Phi) is 5.77. The Bertz CT molecular complexity index is 717. The maximum atomic E-state index is 11.6. The molecule has 0 fully saturated rings. The Morgan fingerprint density at radius 1 is 1.32 bits per heavy atom. The summed E-state index contributed by atoms with van der Waals surface area (Å²) in [5, 5.41) is 5.60. The van der Waals surface area contributed by atoms with Crippen molar-refractivity contribution in [1.29, 1.82) is 0 Å². The number of fused-ring (bicyclic) bond motifs is 1. The molecule has 3 N–H and O–H groups in total. The first-order chi connectivity index (χ1) is 11.9. The molecular weight excluding hydrogens is 334 g/mol.